The Morgan fingerprint density at radius 3 is 2.41 bits per heavy atom. The molecule has 14 heteroatoms. The summed E-state index contributed by atoms with van der Waals surface area (Å²) in [5, 5.41) is 34.0. The van der Waals surface area contributed by atoms with Crippen LogP contribution >= 0.6 is 0 Å². The number of hydrogen-bond donors (Lipinski definition) is 4. The molecule has 1 saturated carbocycles. The Morgan fingerprint density at radius 2 is 1.69 bits per heavy atom. The van der Waals surface area contributed by atoms with E-state index in [2.05, 4.69) is 20.9 Å². The number of para-hydroxylation sites is 1. The molecular formula is C40H41N5O9. The van der Waals surface area contributed by atoms with Gasteiger partial charge in [0.2, 0.25) is 11.8 Å². The summed E-state index contributed by atoms with van der Waals surface area (Å²) in [7, 11) is 0. The first-order valence-electron chi connectivity index (χ1n) is 17.8. The van der Waals surface area contributed by atoms with Crippen LogP contribution in [0, 0.1) is 12.8 Å². The summed E-state index contributed by atoms with van der Waals surface area (Å²) in [6.07, 6.45) is 5.14. The molecule has 5 aromatic rings. The van der Waals surface area contributed by atoms with Gasteiger partial charge in [0.1, 0.15) is 28.8 Å². The molecule has 1 unspecified atom stereocenters. The maximum absolute atomic E-state index is 13.7. The summed E-state index contributed by atoms with van der Waals surface area (Å²) < 4.78 is 12.5. The zero-order valence-corrected chi connectivity index (χ0v) is 29.9. The predicted octanol–water partition coefficient (Wildman–Crippen LogP) is 5.92. The molecule has 54 heavy (non-hydrogen) atoms. The lowest BCUT2D eigenvalue weighted by molar-refractivity contribution is -0.140. The van der Waals surface area contributed by atoms with E-state index in [1.165, 1.54) is 16.9 Å². The molecular weight excluding hydrogens is 694 g/mol. The number of fused-ring (bicyclic) bond motifs is 1. The van der Waals surface area contributed by atoms with E-state index >= 15 is 0 Å². The van der Waals surface area contributed by atoms with Gasteiger partial charge in [-0.3, -0.25) is 19.2 Å². The number of benzene rings is 3. The second kappa shape index (κ2) is 16.1. The number of nitrogens with one attached hydrogen (secondary N) is 2. The molecule has 1 aliphatic carbocycles. The SMILES string of the molecule is Cc1c(CC(=O)O)c(=O)oc2cc(NC(=O)C(CC(=O)O)n3cc([C@@](C)(NC(=O)Cc4cccc(Oc5ccccc5)c4)C4CCCCC4)nn3)ccc12. The normalized spacial score (nSPS) is 14.9. The van der Waals surface area contributed by atoms with Crippen LogP contribution in [0.5, 0.6) is 11.5 Å². The van der Waals surface area contributed by atoms with Gasteiger partial charge in [-0.1, -0.05) is 54.8 Å². The smallest absolute Gasteiger partial charge is 0.340 e. The van der Waals surface area contributed by atoms with Crippen molar-refractivity contribution in [1.82, 2.24) is 20.3 Å². The zero-order chi connectivity index (χ0) is 38.4. The standard InChI is InChI=1S/C40H41N5O9/c1-24-30-17-16-27(20-33(30)54-39(52)31(24)21-36(47)48)41-38(51)32(22-37(49)50)45-23-34(43-44-45)40(2,26-11-5-3-6-12-26)42-35(46)19-25-10-9-15-29(18-25)53-28-13-7-4-8-14-28/h4,7-10,13-18,20,23,26,32H,3,5-6,11-12,19,21-22H2,1-2H3,(H,41,51)(H,42,46)(H,47,48)(H,49,50)/t32?,40-/m0/s1. The second-order valence-electron chi connectivity index (χ2n) is 13.8. The predicted molar refractivity (Wildman–Crippen MR) is 197 cm³/mol. The van der Waals surface area contributed by atoms with E-state index in [9.17, 15) is 34.2 Å². The number of aryl methyl sites for hydroxylation is 1. The minimum absolute atomic E-state index is 0.00609. The highest BCUT2D eigenvalue weighted by atomic mass is 16.5. The fourth-order valence-corrected chi connectivity index (χ4v) is 7.11. The summed E-state index contributed by atoms with van der Waals surface area (Å²) >= 11 is 0. The molecule has 2 amide bonds. The van der Waals surface area contributed by atoms with Gasteiger partial charge < -0.3 is 30.0 Å². The van der Waals surface area contributed by atoms with E-state index in [0.29, 0.717) is 28.1 Å². The van der Waals surface area contributed by atoms with Gasteiger partial charge in [-0.2, -0.15) is 0 Å². The molecule has 0 radical (unpaired) electrons. The molecule has 2 aromatic heterocycles. The van der Waals surface area contributed by atoms with Crippen LogP contribution in [0.3, 0.4) is 0 Å². The van der Waals surface area contributed by atoms with Crippen LogP contribution in [0.1, 0.15) is 73.9 Å². The highest BCUT2D eigenvalue weighted by molar-refractivity contribution is 5.97. The lowest BCUT2D eigenvalue weighted by Gasteiger charge is -2.39. The molecule has 2 heterocycles. The monoisotopic (exact) mass is 735 g/mol. The molecule has 1 aliphatic rings. The van der Waals surface area contributed by atoms with Gasteiger partial charge in [-0.05, 0) is 80.1 Å². The summed E-state index contributed by atoms with van der Waals surface area (Å²) in [6.45, 7) is 3.51. The molecule has 0 bridgehead atoms. The van der Waals surface area contributed by atoms with E-state index in [4.69, 9.17) is 9.15 Å². The number of ether oxygens (including phenoxy) is 1. The van der Waals surface area contributed by atoms with Gasteiger partial charge >= 0.3 is 17.6 Å². The fourth-order valence-electron chi connectivity index (χ4n) is 7.11. The first-order valence-corrected chi connectivity index (χ1v) is 17.8. The number of anilines is 1. The van der Waals surface area contributed by atoms with Crippen molar-refractivity contribution in [2.75, 3.05) is 5.32 Å². The molecule has 280 valence electrons. The van der Waals surface area contributed by atoms with Crippen molar-refractivity contribution in [2.24, 2.45) is 5.92 Å². The largest absolute Gasteiger partial charge is 0.481 e. The van der Waals surface area contributed by atoms with Crippen molar-refractivity contribution in [1.29, 1.82) is 0 Å². The van der Waals surface area contributed by atoms with E-state index in [1.807, 2.05) is 61.5 Å². The minimum Gasteiger partial charge on any atom is -0.481 e. The van der Waals surface area contributed by atoms with E-state index in [0.717, 1.165) is 37.7 Å². The number of hydrogen-bond acceptors (Lipinski definition) is 9. The first kappa shape index (κ1) is 37.4. The number of carboxylic acids is 2. The van der Waals surface area contributed by atoms with Gasteiger partial charge in [0, 0.05) is 17.1 Å². The minimum atomic E-state index is -1.33. The molecule has 0 saturated heterocycles. The number of aromatic nitrogens is 3. The summed E-state index contributed by atoms with van der Waals surface area (Å²) in [5.41, 5.74) is 0.165. The number of rotatable bonds is 14. The Balaban J connectivity index is 1.23. The molecule has 14 nitrogen and oxygen atoms in total. The van der Waals surface area contributed by atoms with Crippen LogP contribution in [0.4, 0.5) is 5.69 Å². The number of carboxylic acid groups (broad SMARTS) is 2. The molecule has 2 atom stereocenters. The molecule has 0 aliphatic heterocycles. The fraction of sp³-hybridized carbons (Fsp3) is 0.325. The lowest BCUT2D eigenvalue weighted by atomic mass is 9.74. The third-order valence-electron chi connectivity index (χ3n) is 9.98. The first-order chi connectivity index (χ1) is 25.9. The van der Waals surface area contributed by atoms with E-state index < -0.39 is 47.9 Å². The van der Waals surface area contributed by atoms with Crippen LogP contribution in [-0.4, -0.2) is 49.0 Å². The van der Waals surface area contributed by atoms with Gasteiger partial charge in [0.15, 0.2) is 0 Å². The Hall–Kier alpha value is -6.31. The maximum Gasteiger partial charge on any atom is 0.340 e. The van der Waals surface area contributed by atoms with Gasteiger partial charge in [0.25, 0.3) is 0 Å². The Labute approximate surface area is 310 Å². The number of carbonyl (C=O) groups is 4. The second-order valence-corrected chi connectivity index (χ2v) is 13.8. The highest BCUT2D eigenvalue weighted by Gasteiger charge is 2.41. The van der Waals surface area contributed by atoms with Gasteiger partial charge in [0.05, 0.1) is 36.6 Å². The third-order valence-corrected chi connectivity index (χ3v) is 9.98. The van der Waals surface area contributed by atoms with Crippen molar-refractivity contribution in [2.45, 2.75) is 76.8 Å². The van der Waals surface area contributed by atoms with E-state index in [-0.39, 0.29) is 35.1 Å². The number of nitrogens with zero attached hydrogens (tertiary/aromatic N) is 3. The summed E-state index contributed by atoms with van der Waals surface area (Å²) in [5.74, 6) is -2.10. The number of aliphatic carboxylic acids is 2. The van der Waals surface area contributed by atoms with Crippen molar-refractivity contribution in [3.05, 3.63) is 112 Å². The van der Waals surface area contributed by atoms with Crippen LogP contribution in [0.2, 0.25) is 0 Å². The lowest BCUT2D eigenvalue weighted by Crippen LogP contribution is -2.50. The maximum atomic E-state index is 13.7. The Morgan fingerprint density at radius 1 is 0.944 bits per heavy atom. The van der Waals surface area contributed by atoms with Gasteiger partial charge in [-0.25, -0.2) is 9.48 Å². The zero-order valence-electron chi connectivity index (χ0n) is 29.9. The van der Waals surface area contributed by atoms with Crippen LogP contribution < -0.4 is 21.0 Å². The van der Waals surface area contributed by atoms with Crippen molar-refractivity contribution < 1.29 is 38.5 Å². The summed E-state index contributed by atoms with van der Waals surface area (Å²) in [4.78, 5) is 63.2. The average Bonchev–Trinajstić information content (AvgIpc) is 3.64. The van der Waals surface area contributed by atoms with Crippen molar-refractivity contribution in [3.63, 3.8) is 0 Å². The summed E-state index contributed by atoms with van der Waals surface area (Å²) in [6, 6.07) is 19.9. The van der Waals surface area contributed by atoms with Crippen LogP contribution in [0.25, 0.3) is 11.0 Å². The molecule has 6 rings (SSSR count). The number of carbonyl (C=O) groups excluding carboxylic acids is 2. The van der Waals surface area contributed by atoms with Crippen molar-refractivity contribution in [3.8, 4) is 11.5 Å². The Bertz CT molecular complexity index is 2240. The van der Waals surface area contributed by atoms with Crippen LogP contribution in [0.15, 0.2) is 88.2 Å². The average molecular weight is 736 g/mol. The third kappa shape index (κ3) is 8.65. The van der Waals surface area contributed by atoms with Gasteiger partial charge in [-0.15, -0.1) is 5.10 Å². The molecule has 3 aromatic carbocycles. The Kier molecular flexibility index (Phi) is 11.2. The van der Waals surface area contributed by atoms with Crippen LogP contribution in [-0.2, 0) is 37.6 Å². The molecule has 1 fully saturated rings. The quantitative estimate of drug-likeness (QED) is 0.0986. The highest BCUT2D eigenvalue weighted by Crippen LogP contribution is 2.39. The number of amides is 2. The molecule has 4 N–H and O–H groups in total. The topological polar surface area (TPSA) is 203 Å². The van der Waals surface area contributed by atoms with E-state index in [1.54, 1.807) is 19.1 Å². The van der Waals surface area contributed by atoms with Crippen molar-refractivity contribution >= 4 is 40.4 Å². The molecule has 0 spiro atoms.